The number of aromatic amines is 1. The molecule has 0 aliphatic carbocycles. The number of aromatic carboxylic acids is 1. The highest BCUT2D eigenvalue weighted by atomic mass is 16.4. The normalized spacial score (nSPS) is 15.7. The Morgan fingerprint density at radius 3 is 2.85 bits per heavy atom. The molecule has 0 radical (unpaired) electrons. The number of H-pyrrole nitrogens is 1. The van der Waals surface area contributed by atoms with Gasteiger partial charge in [0, 0.05) is 11.7 Å². The summed E-state index contributed by atoms with van der Waals surface area (Å²) < 4.78 is 0. The molecule has 2 aromatic carbocycles. The maximum absolute atomic E-state index is 12.8. The molecule has 0 unspecified atom stereocenters. The van der Waals surface area contributed by atoms with E-state index in [1.54, 1.807) is 25.1 Å². The van der Waals surface area contributed by atoms with Crippen LogP contribution in [-0.4, -0.2) is 27.7 Å². The Hall–Kier alpha value is -3.67. The van der Waals surface area contributed by atoms with Crippen molar-refractivity contribution in [3.8, 4) is 0 Å². The molecule has 2 N–H and O–H groups in total. The Kier molecular flexibility index (Phi) is 3.65. The molecule has 4 rings (SSSR count). The van der Waals surface area contributed by atoms with Crippen LogP contribution in [0.25, 0.3) is 17.0 Å². The van der Waals surface area contributed by atoms with E-state index in [1.807, 2.05) is 30.5 Å². The van der Waals surface area contributed by atoms with Crippen molar-refractivity contribution in [2.24, 2.45) is 5.10 Å². The smallest absolute Gasteiger partial charge is 0.335 e. The van der Waals surface area contributed by atoms with Gasteiger partial charge in [0.05, 0.1) is 22.5 Å². The van der Waals surface area contributed by atoms with Crippen molar-refractivity contribution in [1.82, 2.24) is 4.98 Å². The van der Waals surface area contributed by atoms with Gasteiger partial charge in [-0.05, 0) is 54.3 Å². The summed E-state index contributed by atoms with van der Waals surface area (Å²) in [5, 5.41) is 15.8. The number of carboxylic acid groups (broad SMARTS) is 1. The second-order valence-corrected chi connectivity index (χ2v) is 6.04. The van der Waals surface area contributed by atoms with Crippen molar-refractivity contribution in [2.75, 3.05) is 5.01 Å². The van der Waals surface area contributed by atoms with Gasteiger partial charge in [0.2, 0.25) is 0 Å². The average Bonchev–Trinajstić information content (AvgIpc) is 3.21. The van der Waals surface area contributed by atoms with Crippen LogP contribution in [0.2, 0.25) is 0 Å². The summed E-state index contributed by atoms with van der Waals surface area (Å²) in [5.41, 5.74) is 3.48. The van der Waals surface area contributed by atoms with E-state index in [4.69, 9.17) is 5.11 Å². The number of hydrogen-bond donors (Lipinski definition) is 2. The van der Waals surface area contributed by atoms with E-state index in [1.165, 1.54) is 17.1 Å². The van der Waals surface area contributed by atoms with Gasteiger partial charge >= 0.3 is 5.97 Å². The Labute approximate surface area is 149 Å². The Balaban J connectivity index is 1.69. The number of hydrogen-bond acceptors (Lipinski definition) is 3. The SMILES string of the molecule is CC1=NN(c2cccc(C(=O)O)c2)C(=O)/C1=C\c1ccc2cc[nH]c2c1. The van der Waals surface area contributed by atoms with Crippen molar-refractivity contribution >= 4 is 40.3 Å². The number of nitrogens with one attached hydrogen (secondary N) is 1. The minimum atomic E-state index is -1.05. The largest absolute Gasteiger partial charge is 0.478 e. The number of fused-ring (bicyclic) bond motifs is 1. The summed E-state index contributed by atoms with van der Waals surface area (Å²) in [4.78, 5) is 27.1. The van der Waals surface area contributed by atoms with Crippen LogP contribution < -0.4 is 5.01 Å². The summed E-state index contributed by atoms with van der Waals surface area (Å²) in [6.45, 7) is 1.76. The lowest BCUT2D eigenvalue weighted by atomic mass is 10.1. The lowest BCUT2D eigenvalue weighted by Gasteiger charge is -2.12. The molecule has 2 heterocycles. The Bertz CT molecular complexity index is 1110. The lowest BCUT2D eigenvalue weighted by Crippen LogP contribution is -2.21. The highest BCUT2D eigenvalue weighted by Gasteiger charge is 2.29. The van der Waals surface area contributed by atoms with Gasteiger partial charge in [-0.15, -0.1) is 0 Å². The zero-order chi connectivity index (χ0) is 18.3. The molecule has 0 fully saturated rings. The number of amides is 1. The van der Waals surface area contributed by atoms with E-state index >= 15 is 0 Å². The number of rotatable bonds is 3. The van der Waals surface area contributed by atoms with Crippen molar-refractivity contribution in [2.45, 2.75) is 6.92 Å². The van der Waals surface area contributed by atoms with Crippen LogP contribution in [0, 0.1) is 0 Å². The molecular formula is C20H15N3O3. The van der Waals surface area contributed by atoms with Gasteiger partial charge in [-0.1, -0.05) is 18.2 Å². The highest BCUT2D eigenvalue weighted by molar-refractivity contribution is 6.32. The first kappa shape index (κ1) is 15.8. The molecule has 6 heteroatoms. The lowest BCUT2D eigenvalue weighted by molar-refractivity contribution is -0.114. The standard InChI is InChI=1S/C20H15N3O3/c1-12-17(9-13-5-6-14-7-8-21-18(14)10-13)19(24)23(22-12)16-4-2-3-15(11-16)20(25)26/h2-11,21H,1H3,(H,25,26)/b17-9-. The minimum Gasteiger partial charge on any atom is -0.478 e. The number of hydrazone groups is 1. The molecule has 1 aliphatic heterocycles. The van der Waals surface area contributed by atoms with Crippen LogP contribution in [0.4, 0.5) is 5.69 Å². The fourth-order valence-electron chi connectivity index (χ4n) is 2.95. The first-order valence-corrected chi connectivity index (χ1v) is 8.05. The topological polar surface area (TPSA) is 85.8 Å². The fourth-order valence-corrected chi connectivity index (χ4v) is 2.95. The first-order valence-electron chi connectivity index (χ1n) is 8.05. The molecule has 26 heavy (non-hydrogen) atoms. The highest BCUT2D eigenvalue weighted by Crippen LogP contribution is 2.26. The van der Waals surface area contributed by atoms with Crippen LogP contribution in [0.5, 0.6) is 0 Å². The molecule has 0 saturated carbocycles. The van der Waals surface area contributed by atoms with Gasteiger partial charge in [0.15, 0.2) is 0 Å². The van der Waals surface area contributed by atoms with Crippen LogP contribution in [0.3, 0.4) is 0 Å². The van der Waals surface area contributed by atoms with Crippen molar-refractivity contribution in [3.05, 3.63) is 71.4 Å². The van der Waals surface area contributed by atoms with E-state index in [0.717, 1.165) is 16.5 Å². The van der Waals surface area contributed by atoms with Gasteiger partial charge in [-0.2, -0.15) is 10.1 Å². The molecular weight excluding hydrogens is 330 g/mol. The first-order chi connectivity index (χ1) is 12.5. The summed E-state index contributed by atoms with van der Waals surface area (Å²) in [7, 11) is 0. The third-order valence-corrected chi connectivity index (χ3v) is 4.29. The second-order valence-electron chi connectivity index (χ2n) is 6.04. The number of anilines is 1. The van der Waals surface area contributed by atoms with Crippen LogP contribution >= 0.6 is 0 Å². The summed E-state index contributed by atoms with van der Waals surface area (Å²) in [5.74, 6) is -1.33. The molecule has 1 amide bonds. The van der Waals surface area contributed by atoms with Gasteiger partial charge in [0.25, 0.3) is 5.91 Å². The fraction of sp³-hybridized carbons (Fsp3) is 0.0500. The molecule has 0 spiro atoms. The van der Waals surface area contributed by atoms with Gasteiger partial charge in [-0.25, -0.2) is 4.79 Å². The maximum Gasteiger partial charge on any atom is 0.335 e. The molecule has 3 aromatic rings. The molecule has 1 aliphatic rings. The maximum atomic E-state index is 12.8. The summed E-state index contributed by atoms with van der Waals surface area (Å²) in [6.07, 6.45) is 3.66. The van der Waals surface area contributed by atoms with E-state index in [2.05, 4.69) is 10.1 Å². The van der Waals surface area contributed by atoms with Crippen molar-refractivity contribution in [1.29, 1.82) is 0 Å². The monoisotopic (exact) mass is 345 g/mol. The molecule has 0 saturated heterocycles. The van der Waals surface area contributed by atoms with Crippen LogP contribution in [-0.2, 0) is 4.79 Å². The average molecular weight is 345 g/mol. The summed E-state index contributed by atoms with van der Waals surface area (Å²) >= 11 is 0. The predicted octanol–water partition coefficient (Wildman–Crippen LogP) is 3.67. The zero-order valence-corrected chi connectivity index (χ0v) is 13.9. The Morgan fingerprint density at radius 2 is 2.04 bits per heavy atom. The second kappa shape index (κ2) is 6.00. The number of aromatic nitrogens is 1. The molecule has 1 aromatic heterocycles. The van der Waals surface area contributed by atoms with E-state index < -0.39 is 5.97 Å². The van der Waals surface area contributed by atoms with Crippen LogP contribution in [0.15, 0.2) is 65.4 Å². The van der Waals surface area contributed by atoms with Crippen LogP contribution in [0.1, 0.15) is 22.8 Å². The number of nitrogens with zero attached hydrogens (tertiary/aromatic N) is 2. The molecule has 6 nitrogen and oxygen atoms in total. The van der Waals surface area contributed by atoms with Gasteiger partial charge in [-0.3, -0.25) is 4.79 Å². The van der Waals surface area contributed by atoms with E-state index in [9.17, 15) is 9.59 Å². The van der Waals surface area contributed by atoms with Crippen molar-refractivity contribution < 1.29 is 14.7 Å². The van der Waals surface area contributed by atoms with E-state index in [0.29, 0.717) is 17.0 Å². The number of carbonyl (C=O) groups excluding carboxylic acids is 1. The minimum absolute atomic E-state index is 0.109. The van der Waals surface area contributed by atoms with Crippen molar-refractivity contribution in [3.63, 3.8) is 0 Å². The van der Waals surface area contributed by atoms with Gasteiger partial charge < -0.3 is 10.1 Å². The third-order valence-electron chi connectivity index (χ3n) is 4.29. The zero-order valence-electron chi connectivity index (χ0n) is 13.9. The molecule has 0 bridgehead atoms. The number of carbonyl (C=O) groups is 2. The van der Waals surface area contributed by atoms with E-state index in [-0.39, 0.29) is 11.5 Å². The third kappa shape index (κ3) is 2.67. The number of benzene rings is 2. The predicted molar refractivity (Wildman–Crippen MR) is 100 cm³/mol. The molecule has 0 atom stereocenters. The van der Waals surface area contributed by atoms with Gasteiger partial charge in [0.1, 0.15) is 0 Å². The summed E-state index contributed by atoms with van der Waals surface area (Å²) in [6, 6.07) is 14.0. The molecule has 128 valence electrons. The number of carboxylic acids is 1. The quantitative estimate of drug-likeness (QED) is 0.710. The Morgan fingerprint density at radius 1 is 1.19 bits per heavy atom.